The van der Waals surface area contributed by atoms with E-state index < -0.39 is 0 Å². The molecule has 4 heteroatoms. The van der Waals surface area contributed by atoms with E-state index in [-0.39, 0.29) is 6.04 Å². The number of methoxy groups -OCH3 is 1. The van der Waals surface area contributed by atoms with Gasteiger partial charge in [0.1, 0.15) is 5.75 Å². The maximum atomic E-state index is 6.19. The molecule has 0 aromatic heterocycles. The first-order chi connectivity index (χ1) is 8.61. The van der Waals surface area contributed by atoms with Crippen molar-refractivity contribution >= 4 is 23.2 Å². The van der Waals surface area contributed by atoms with Gasteiger partial charge in [0.2, 0.25) is 0 Å². The zero-order chi connectivity index (χ0) is 13.1. The summed E-state index contributed by atoms with van der Waals surface area (Å²) >= 11 is 12.0. The Balaban J connectivity index is 2.31. The van der Waals surface area contributed by atoms with Gasteiger partial charge < -0.3 is 10.5 Å². The molecular weight excluding hydrogens is 269 g/mol. The average Bonchev–Trinajstić information content (AvgIpc) is 2.38. The van der Waals surface area contributed by atoms with Crippen LogP contribution in [0.1, 0.15) is 17.2 Å². The van der Waals surface area contributed by atoms with Crippen LogP contribution in [0.25, 0.3) is 0 Å². The van der Waals surface area contributed by atoms with Crippen molar-refractivity contribution in [1.29, 1.82) is 0 Å². The van der Waals surface area contributed by atoms with Crippen molar-refractivity contribution in [3.63, 3.8) is 0 Å². The van der Waals surface area contributed by atoms with Crippen LogP contribution in [0.3, 0.4) is 0 Å². The fourth-order valence-corrected chi connectivity index (χ4v) is 2.27. The van der Waals surface area contributed by atoms with Gasteiger partial charge in [0.15, 0.2) is 0 Å². The van der Waals surface area contributed by atoms with Crippen LogP contribution in [0.4, 0.5) is 0 Å². The Morgan fingerprint density at radius 1 is 1.06 bits per heavy atom. The fourth-order valence-electron chi connectivity index (χ4n) is 1.74. The highest BCUT2D eigenvalue weighted by Crippen LogP contribution is 2.29. The molecule has 0 radical (unpaired) electrons. The van der Waals surface area contributed by atoms with Crippen LogP contribution in [0, 0.1) is 0 Å². The van der Waals surface area contributed by atoms with E-state index in [0.717, 1.165) is 16.9 Å². The molecule has 2 aromatic carbocycles. The first kappa shape index (κ1) is 13.2. The largest absolute Gasteiger partial charge is 0.497 e. The van der Waals surface area contributed by atoms with Gasteiger partial charge >= 0.3 is 0 Å². The Hall–Kier alpha value is -1.22. The maximum Gasteiger partial charge on any atom is 0.118 e. The van der Waals surface area contributed by atoms with Gasteiger partial charge in [-0.2, -0.15) is 0 Å². The molecule has 94 valence electrons. The van der Waals surface area contributed by atoms with Gasteiger partial charge in [0.25, 0.3) is 0 Å². The molecule has 0 bridgehead atoms. The van der Waals surface area contributed by atoms with E-state index in [0.29, 0.717) is 10.0 Å². The molecular formula is C14H13Cl2NO. The van der Waals surface area contributed by atoms with Crippen LogP contribution in [-0.2, 0) is 0 Å². The molecule has 0 saturated carbocycles. The summed E-state index contributed by atoms with van der Waals surface area (Å²) in [4.78, 5) is 0. The van der Waals surface area contributed by atoms with Crippen molar-refractivity contribution in [2.45, 2.75) is 6.04 Å². The Kier molecular flexibility index (Phi) is 4.12. The number of hydrogen-bond donors (Lipinski definition) is 1. The molecule has 0 heterocycles. The Morgan fingerprint density at radius 2 is 1.72 bits per heavy atom. The van der Waals surface area contributed by atoms with E-state index in [1.54, 1.807) is 19.2 Å². The summed E-state index contributed by atoms with van der Waals surface area (Å²) in [6, 6.07) is 12.6. The highest BCUT2D eigenvalue weighted by Gasteiger charge is 2.12. The SMILES string of the molecule is COc1ccc(C(N)c2ccc(Cl)cc2Cl)cc1. The third-order valence-electron chi connectivity index (χ3n) is 2.77. The quantitative estimate of drug-likeness (QED) is 0.921. The smallest absolute Gasteiger partial charge is 0.118 e. The second-order valence-electron chi connectivity index (χ2n) is 3.92. The van der Waals surface area contributed by atoms with Gasteiger partial charge in [-0.05, 0) is 35.4 Å². The van der Waals surface area contributed by atoms with Gasteiger partial charge in [0.05, 0.1) is 13.2 Å². The topological polar surface area (TPSA) is 35.2 Å². The summed E-state index contributed by atoms with van der Waals surface area (Å²) in [7, 11) is 1.63. The third kappa shape index (κ3) is 2.78. The van der Waals surface area contributed by atoms with E-state index >= 15 is 0 Å². The van der Waals surface area contributed by atoms with Crippen LogP contribution in [-0.4, -0.2) is 7.11 Å². The van der Waals surface area contributed by atoms with Crippen LogP contribution in [0.2, 0.25) is 10.0 Å². The molecule has 2 rings (SSSR count). The molecule has 0 aliphatic rings. The van der Waals surface area contributed by atoms with Crippen LogP contribution < -0.4 is 10.5 Å². The second-order valence-corrected chi connectivity index (χ2v) is 4.76. The van der Waals surface area contributed by atoms with Crippen molar-refractivity contribution in [2.75, 3.05) is 7.11 Å². The lowest BCUT2D eigenvalue weighted by Gasteiger charge is -2.14. The molecule has 0 saturated heterocycles. The fraction of sp³-hybridized carbons (Fsp3) is 0.143. The minimum absolute atomic E-state index is 0.277. The summed E-state index contributed by atoms with van der Waals surface area (Å²) in [5.41, 5.74) is 8.02. The maximum absolute atomic E-state index is 6.19. The zero-order valence-electron chi connectivity index (χ0n) is 9.86. The predicted octanol–water partition coefficient (Wildman–Crippen LogP) is 4.05. The predicted molar refractivity (Wildman–Crippen MR) is 75.5 cm³/mol. The molecule has 0 spiro atoms. The van der Waals surface area contributed by atoms with E-state index in [4.69, 9.17) is 33.7 Å². The van der Waals surface area contributed by atoms with Crippen molar-refractivity contribution in [3.8, 4) is 5.75 Å². The van der Waals surface area contributed by atoms with Gasteiger partial charge in [-0.15, -0.1) is 0 Å². The molecule has 1 unspecified atom stereocenters. The van der Waals surface area contributed by atoms with Gasteiger partial charge in [-0.3, -0.25) is 0 Å². The highest BCUT2D eigenvalue weighted by molar-refractivity contribution is 6.35. The van der Waals surface area contributed by atoms with Gasteiger partial charge in [-0.25, -0.2) is 0 Å². The molecule has 2 N–H and O–H groups in total. The molecule has 2 aromatic rings. The Bertz CT molecular complexity index is 540. The summed E-state index contributed by atoms with van der Waals surface area (Å²) in [5.74, 6) is 0.799. The van der Waals surface area contributed by atoms with Gasteiger partial charge in [-0.1, -0.05) is 41.4 Å². The number of ether oxygens (including phenoxy) is 1. The molecule has 2 nitrogen and oxygen atoms in total. The van der Waals surface area contributed by atoms with Crippen LogP contribution in [0.5, 0.6) is 5.75 Å². The highest BCUT2D eigenvalue weighted by atomic mass is 35.5. The van der Waals surface area contributed by atoms with E-state index in [9.17, 15) is 0 Å². The zero-order valence-corrected chi connectivity index (χ0v) is 11.4. The number of hydrogen-bond acceptors (Lipinski definition) is 2. The Labute approximate surface area is 116 Å². The van der Waals surface area contributed by atoms with E-state index in [1.165, 1.54) is 0 Å². The number of benzene rings is 2. The standard InChI is InChI=1S/C14H13Cl2NO/c1-18-11-5-2-9(3-6-11)14(17)12-7-4-10(15)8-13(12)16/h2-8,14H,17H2,1H3. The molecule has 0 fully saturated rings. The van der Waals surface area contributed by atoms with Crippen LogP contribution in [0.15, 0.2) is 42.5 Å². The molecule has 1 atom stereocenters. The number of nitrogens with two attached hydrogens (primary N) is 1. The van der Waals surface area contributed by atoms with Crippen LogP contribution >= 0.6 is 23.2 Å². The van der Waals surface area contributed by atoms with Crippen molar-refractivity contribution in [3.05, 3.63) is 63.6 Å². The third-order valence-corrected chi connectivity index (χ3v) is 3.33. The summed E-state index contributed by atoms with van der Waals surface area (Å²) < 4.78 is 5.11. The normalized spacial score (nSPS) is 12.2. The Morgan fingerprint density at radius 3 is 2.28 bits per heavy atom. The summed E-state index contributed by atoms with van der Waals surface area (Å²) in [6.07, 6.45) is 0. The van der Waals surface area contributed by atoms with Crippen molar-refractivity contribution in [1.82, 2.24) is 0 Å². The van der Waals surface area contributed by atoms with Gasteiger partial charge in [0, 0.05) is 10.0 Å². The second kappa shape index (κ2) is 5.61. The first-order valence-corrected chi connectivity index (χ1v) is 6.22. The summed E-state index contributed by atoms with van der Waals surface area (Å²) in [5, 5.41) is 1.18. The average molecular weight is 282 g/mol. The molecule has 0 aliphatic heterocycles. The summed E-state index contributed by atoms with van der Waals surface area (Å²) in [6.45, 7) is 0. The first-order valence-electron chi connectivity index (χ1n) is 5.46. The minimum Gasteiger partial charge on any atom is -0.497 e. The number of rotatable bonds is 3. The molecule has 0 aliphatic carbocycles. The van der Waals surface area contributed by atoms with E-state index in [2.05, 4.69) is 0 Å². The lowest BCUT2D eigenvalue weighted by atomic mass is 9.99. The monoisotopic (exact) mass is 281 g/mol. The van der Waals surface area contributed by atoms with Crippen molar-refractivity contribution in [2.24, 2.45) is 5.73 Å². The minimum atomic E-state index is -0.277. The lowest BCUT2D eigenvalue weighted by Crippen LogP contribution is -2.12. The lowest BCUT2D eigenvalue weighted by molar-refractivity contribution is 0.414. The number of halogens is 2. The molecule has 18 heavy (non-hydrogen) atoms. The van der Waals surface area contributed by atoms with Crippen molar-refractivity contribution < 1.29 is 4.74 Å². The molecule has 0 amide bonds. The van der Waals surface area contributed by atoms with E-state index in [1.807, 2.05) is 30.3 Å².